The number of hydrogen-bond acceptors (Lipinski definition) is 3. The molecule has 1 saturated heterocycles. The van der Waals surface area contributed by atoms with Gasteiger partial charge in [0.2, 0.25) is 5.91 Å². The molecule has 21 heavy (non-hydrogen) atoms. The zero-order chi connectivity index (χ0) is 15.7. The van der Waals surface area contributed by atoms with E-state index in [0.717, 1.165) is 11.0 Å². The van der Waals surface area contributed by atoms with Crippen molar-refractivity contribution in [1.29, 1.82) is 0 Å². The molecule has 1 heterocycles. The maximum absolute atomic E-state index is 11.3. The predicted octanol–water partition coefficient (Wildman–Crippen LogP) is 2.01. The van der Waals surface area contributed by atoms with Crippen molar-refractivity contribution in [3.63, 3.8) is 0 Å². The molecule has 0 spiro atoms. The van der Waals surface area contributed by atoms with Crippen LogP contribution in [0.4, 0.5) is 0 Å². The minimum atomic E-state index is -0.339. The van der Waals surface area contributed by atoms with Crippen molar-refractivity contribution in [3.05, 3.63) is 29.8 Å². The zero-order valence-corrected chi connectivity index (χ0v) is 13.5. The maximum atomic E-state index is 11.3. The molecule has 0 atom stereocenters. The molecule has 1 aromatic carbocycles. The Morgan fingerprint density at radius 2 is 1.62 bits per heavy atom. The van der Waals surface area contributed by atoms with Crippen LogP contribution in [0.25, 0.3) is 0 Å². The van der Waals surface area contributed by atoms with Crippen molar-refractivity contribution < 1.29 is 14.1 Å². The summed E-state index contributed by atoms with van der Waals surface area (Å²) >= 11 is 0. The molecule has 1 amide bonds. The number of amides is 1. The molecule has 0 bridgehead atoms. The predicted molar refractivity (Wildman–Crippen MR) is 84.3 cm³/mol. The molecule has 4 nitrogen and oxygen atoms in total. The van der Waals surface area contributed by atoms with E-state index >= 15 is 0 Å². The molecule has 0 saturated carbocycles. The summed E-state index contributed by atoms with van der Waals surface area (Å²) in [5.74, 6) is 0.0602. The van der Waals surface area contributed by atoms with E-state index in [4.69, 9.17) is 9.31 Å². The van der Waals surface area contributed by atoms with Crippen molar-refractivity contribution in [2.45, 2.75) is 58.8 Å². The van der Waals surface area contributed by atoms with E-state index < -0.39 is 0 Å². The van der Waals surface area contributed by atoms with Crippen LogP contribution in [-0.2, 0) is 20.6 Å². The van der Waals surface area contributed by atoms with Crippen molar-refractivity contribution in [2.75, 3.05) is 0 Å². The fraction of sp³-hybridized carbons (Fsp3) is 0.562. The molecular formula is C16H24BNO3. The summed E-state index contributed by atoms with van der Waals surface area (Å²) < 4.78 is 12.0. The summed E-state index contributed by atoms with van der Waals surface area (Å²) in [5, 5.41) is 2.86. The number of hydrogen-bond donors (Lipinski definition) is 1. The molecule has 5 heteroatoms. The van der Waals surface area contributed by atoms with Gasteiger partial charge in [0, 0.05) is 13.0 Å². The second kappa shape index (κ2) is 5.81. The van der Waals surface area contributed by atoms with Gasteiger partial charge in [-0.25, -0.2) is 0 Å². The lowest BCUT2D eigenvalue weighted by Gasteiger charge is -2.32. The van der Waals surface area contributed by atoms with Gasteiger partial charge in [0.25, 0.3) is 0 Å². The van der Waals surface area contributed by atoms with Crippen LogP contribution in [0, 0.1) is 0 Å². The summed E-state index contributed by atoms with van der Waals surface area (Å²) in [6.45, 7) is 10.6. The van der Waals surface area contributed by atoms with Crippen LogP contribution in [0.2, 0.25) is 0 Å². The zero-order valence-electron chi connectivity index (χ0n) is 13.5. The summed E-state index contributed by atoms with van der Waals surface area (Å²) in [6.07, 6.45) is 0.506. The monoisotopic (exact) mass is 289 g/mol. The summed E-state index contributed by atoms with van der Waals surface area (Å²) in [4.78, 5) is 11.3. The Balaban J connectivity index is 2.02. The minimum absolute atomic E-state index is 0.0602. The molecule has 114 valence electrons. The smallest absolute Gasteiger partial charge is 0.399 e. The van der Waals surface area contributed by atoms with Crippen LogP contribution in [0.1, 0.15) is 46.6 Å². The third kappa shape index (κ3) is 3.47. The molecule has 1 aliphatic rings. The lowest BCUT2D eigenvalue weighted by molar-refractivity contribution is -0.120. The Morgan fingerprint density at radius 1 is 1.10 bits per heavy atom. The van der Waals surface area contributed by atoms with Gasteiger partial charge in [0.05, 0.1) is 11.2 Å². The van der Waals surface area contributed by atoms with Gasteiger partial charge < -0.3 is 14.6 Å². The third-order valence-electron chi connectivity index (χ3n) is 4.32. The molecule has 0 aromatic heterocycles. The van der Waals surface area contributed by atoms with Crippen molar-refractivity contribution in [2.24, 2.45) is 0 Å². The van der Waals surface area contributed by atoms with Gasteiger partial charge in [-0.15, -0.1) is 0 Å². The fourth-order valence-corrected chi connectivity index (χ4v) is 2.10. The Labute approximate surface area is 127 Å². The normalized spacial score (nSPS) is 19.6. The highest BCUT2D eigenvalue weighted by atomic mass is 16.7. The van der Waals surface area contributed by atoms with E-state index in [0.29, 0.717) is 13.0 Å². The van der Waals surface area contributed by atoms with Gasteiger partial charge in [0.15, 0.2) is 0 Å². The van der Waals surface area contributed by atoms with Crippen molar-refractivity contribution in [3.8, 4) is 0 Å². The van der Waals surface area contributed by atoms with Gasteiger partial charge in [-0.1, -0.05) is 31.2 Å². The largest absolute Gasteiger partial charge is 0.494 e. The van der Waals surface area contributed by atoms with Crippen LogP contribution < -0.4 is 10.8 Å². The first kappa shape index (κ1) is 16.1. The molecule has 1 aliphatic heterocycles. The van der Waals surface area contributed by atoms with E-state index in [9.17, 15) is 4.79 Å². The second-order valence-electron chi connectivity index (χ2n) is 6.46. The molecule has 2 rings (SSSR count). The number of benzene rings is 1. The van der Waals surface area contributed by atoms with Crippen LogP contribution in [0.3, 0.4) is 0 Å². The van der Waals surface area contributed by atoms with E-state index in [-0.39, 0.29) is 24.2 Å². The van der Waals surface area contributed by atoms with Crippen molar-refractivity contribution >= 4 is 18.5 Å². The molecule has 1 aromatic rings. The summed E-state index contributed by atoms with van der Waals surface area (Å²) in [5.41, 5.74) is 1.41. The molecule has 0 aliphatic carbocycles. The van der Waals surface area contributed by atoms with Gasteiger partial charge >= 0.3 is 7.12 Å². The van der Waals surface area contributed by atoms with Crippen LogP contribution in [0.5, 0.6) is 0 Å². The Bertz CT molecular complexity index is 495. The molecule has 1 fully saturated rings. The van der Waals surface area contributed by atoms with Crippen molar-refractivity contribution in [1.82, 2.24) is 5.32 Å². The lowest BCUT2D eigenvalue weighted by atomic mass is 9.79. The molecular weight excluding hydrogens is 265 g/mol. The summed E-state index contributed by atoms with van der Waals surface area (Å²) in [7, 11) is -0.339. The van der Waals surface area contributed by atoms with E-state index in [1.54, 1.807) is 0 Å². The Kier molecular flexibility index (Phi) is 4.44. The van der Waals surface area contributed by atoms with Crippen LogP contribution in [-0.4, -0.2) is 24.2 Å². The maximum Gasteiger partial charge on any atom is 0.494 e. The van der Waals surface area contributed by atoms with Gasteiger partial charge in [-0.2, -0.15) is 0 Å². The SMILES string of the molecule is CCC(=O)NCc1ccc(B2OC(C)(C)C(C)(C)O2)cc1. The van der Waals surface area contributed by atoms with Crippen LogP contribution >= 0.6 is 0 Å². The standard InChI is InChI=1S/C16H24BNO3/c1-6-14(19)18-11-12-7-9-13(10-8-12)17-20-15(2,3)16(4,5)21-17/h7-10H,6,11H2,1-5H3,(H,18,19). The summed E-state index contributed by atoms with van der Waals surface area (Å²) in [6, 6.07) is 7.98. The van der Waals surface area contributed by atoms with Gasteiger partial charge in [0.1, 0.15) is 0 Å². The first-order chi connectivity index (χ1) is 9.75. The number of carbonyl (C=O) groups is 1. The second-order valence-corrected chi connectivity index (χ2v) is 6.46. The Hall–Kier alpha value is -1.33. The lowest BCUT2D eigenvalue weighted by Crippen LogP contribution is -2.41. The fourth-order valence-electron chi connectivity index (χ4n) is 2.10. The first-order valence-corrected chi connectivity index (χ1v) is 7.46. The highest BCUT2D eigenvalue weighted by molar-refractivity contribution is 6.62. The average molecular weight is 289 g/mol. The van der Waals surface area contributed by atoms with E-state index in [1.807, 2.05) is 58.9 Å². The first-order valence-electron chi connectivity index (χ1n) is 7.46. The third-order valence-corrected chi connectivity index (χ3v) is 4.32. The number of nitrogens with one attached hydrogen (secondary N) is 1. The highest BCUT2D eigenvalue weighted by Gasteiger charge is 2.51. The molecule has 0 radical (unpaired) electrons. The minimum Gasteiger partial charge on any atom is -0.399 e. The van der Waals surface area contributed by atoms with Gasteiger partial charge in [-0.3, -0.25) is 4.79 Å². The van der Waals surface area contributed by atoms with E-state index in [2.05, 4.69) is 5.32 Å². The topological polar surface area (TPSA) is 47.6 Å². The van der Waals surface area contributed by atoms with E-state index in [1.165, 1.54) is 0 Å². The molecule has 0 unspecified atom stereocenters. The van der Waals surface area contributed by atoms with Crippen LogP contribution in [0.15, 0.2) is 24.3 Å². The molecule has 1 N–H and O–H groups in total. The van der Waals surface area contributed by atoms with Gasteiger partial charge in [-0.05, 0) is 38.7 Å². The quantitative estimate of drug-likeness (QED) is 0.863. The number of rotatable bonds is 4. The average Bonchev–Trinajstić information content (AvgIpc) is 2.65. The number of carbonyl (C=O) groups excluding carboxylic acids is 1. The Morgan fingerprint density at radius 3 is 2.10 bits per heavy atom. The highest BCUT2D eigenvalue weighted by Crippen LogP contribution is 2.36.